The molecule has 0 heterocycles. The van der Waals surface area contributed by atoms with Gasteiger partial charge in [0.05, 0.1) is 12.0 Å². The summed E-state index contributed by atoms with van der Waals surface area (Å²) in [6.07, 6.45) is 5.07. The first kappa shape index (κ1) is 13.6. The van der Waals surface area contributed by atoms with E-state index in [1.807, 2.05) is 6.07 Å². The summed E-state index contributed by atoms with van der Waals surface area (Å²) in [6, 6.07) is 5.36. The molecule has 2 rings (SSSR count). The number of benzene rings is 1. The molecule has 1 atom stereocenters. The lowest BCUT2D eigenvalue weighted by Gasteiger charge is -2.21. The summed E-state index contributed by atoms with van der Waals surface area (Å²) in [7, 11) is 1.44. The first-order chi connectivity index (χ1) is 9.11. The first-order valence-corrected chi connectivity index (χ1v) is 6.71. The Labute approximate surface area is 113 Å². The number of ether oxygens (including phenoxy) is 1. The minimum absolute atomic E-state index is 0.00567. The van der Waals surface area contributed by atoms with Crippen molar-refractivity contribution in [1.82, 2.24) is 0 Å². The van der Waals surface area contributed by atoms with Crippen LogP contribution in [0, 0.1) is 16.0 Å². The lowest BCUT2D eigenvalue weighted by atomic mass is 9.99. The molecule has 0 aliphatic heterocycles. The number of nitro groups is 1. The SMILES string of the molecule is COc1ccc(NC(C)C2CCCC2)cc1[N+](=O)[O-]. The van der Waals surface area contributed by atoms with Crippen LogP contribution in [0.15, 0.2) is 18.2 Å². The molecule has 0 aromatic heterocycles. The van der Waals surface area contributed by atoms with Gasteiger partial charge in [-0.2, -0.15) is 0 Å². The fourth-order valence-corrected chi connectivity index (χ4v) is 2.76. The first-order valence-electron chi connectivity index (χ1n) is 6.71. The van der Waals surface area contributed by atoms with Crippen LogP contribution >= 0.6 is 0 Å². The number of hydrogen-bond donors (Lipinski definition) is 1. The number of nitrogens with zero attached hydrogens (tertiary/aromatic N) is 1. The van der Waals surface area contributed by atoms with Gasteiger partial charge in [-0.3, -0.25) is 10.1 Å². The standard InChI is InChI=1S/C14H20N2O3/c1-10(11-5-3-4-6-11)15-12-7-8-14(19-2)13(9-12)16(17)18/h7-11,15H,3-6H2,1-2H3. The van der Waals surface area contributed by atoms with Crippen LogP contribution in [0.5, 0.6) is 5.75 Å². The summed E-state index contributed by atoms with van der Waals surface area (Å²) in [4.78, 5) is 10.6. The molecule has 1 saturated carbocycles. The van der Waals surface area contributed by atoms with Crippen molar-refractivity contribution in [3.63, 3.8) is 0 Å². The highest BCUT2D eigenvalue weighted by Gasteiger charge is 2.22. The largest absolute Gasteiger partial charge is 0.490 e. The van der Waals surface area contributed by atoms with E-state index >= 15 is 0 Å². The van der Waals surface area contributed by atoms with Gasteiger partial charge in [0.1, 0.15) is 0 Å². The van der Waals surface area contributed by atoms with Crippen molar-refractivity contribution in [3.05, 3.63) is 28.3 Å². The second kappa shape index (κ2) is 5.91. The van der Waals surface area contributed by atoms with E-state index in [1.54, 1.807) is 12.1 Å². The highest BCUT2D eigenvalue weighted by Crippen LogP contribution is 2.32. The van der Waals surface area contributed by atoms with Crippen LogP contribution in [0.25, 0.3) is 0 Å². The quantitative estimate of drug-likeness (QED) is 0.652. The highest BCUT2D eigenvalue weighted by molar-refractivity contribution is 5.58. The van der Waals surface area contributed by atoms with Crippen molar-refractivity contribution in [3.8, 4) is 5.75 Å². The summed E-state index contributed by atoms with van der Waals surface area (Å²) in [5.74, 6) is 0.963. The van der Waals surface area contributed by atoms with Crippen molar-refractivity contribution in [1.29, 1.82) is 0 Å². The number of nitrogens with one attached hydrogen (secondary N) is 1. The fourth-order valence-electron chi connectivity index (χ4n) is 2.76. The molecule has 1 N–H and O–H groups in total. The molecule has 1 aromatic carbocycles. The molecule has 0 amide bonds. The summed E-state index contributed by atoms with van der Waals surface area (Å²) < 4.78 is 5.00. The average molecular weight is 264 g/mol. The van der Waals surface area contributed by atoms with Crippen LogP contribution in [0.2, 0.25) is 0 Å². The number of hydrogen-bond acceptors (Lipinski definition) is 4. The van der Waals surface area contributed by atoms with E-state index in [0.717, 1.165) is 5.69 Å². The maximum atomic E-state index is 11.0. The highest BCUT2D eigenvalue weighted by atomic mass is 16.6. The van der Waals surface area contributed by atoms with E-state index in [4.69, 9.17) is 4.74 Å². The second-order valence-electron chi connectivity index (χ2n) is 5.12. The molecule has 104 valence electrons. The predicted molar refractivity (Wildman–Crippen MR) is 74.7 cm³/mol. The molecule has 0 spiro atoms. The molecule has 1 aromatic rings. The monoisotopic (exact) mass is 264 g/mol. The molecule has 0 bridgehead atoms. The van der Waals surface area contributed by atoms with Gasteiger partial charge in [0.15, 0.2) is 5.75 Å². The molecule has 1 aliphatic rings. The van der Waals surface area contributed by atoms with Gasteiger partial charge >= 0.3 is 5.69 Å². The zero-order valence-electron chi connectivity index (χ0n) is 11.4. The van der Waals surface area contributed by atoms with Crippen LogP contribution in [0.3, 0.4) is 0 Å². The van der Waals surface area contributed by atoms with Crippen molar-refractivity contribution in [2.24, 2.45) is 5.92 Å². The minimum atomic E-state index is -0.412. The van der Waals surface area contributed by atoms with E-state index in [-0.39, 0.29) is 5.69 Å². The van der Waals surface area contributed by atoms with Gasteiger partial charge in [-0.1, -0.05) is 12.8 Å². The van der Waals surface area contributed by atoms with Gasteiger partial charge in [-0.05, 0) is 37.8 Å². The Bertz CT molecular complexity index is 456. The number of methoxy groups -OCH3 is 1. The molecule has 5 nitrogen and oxygen atoms in total. The van der Waals surface area contributed by atoms with E-state index < -0.39 is 4.92 Å². The maximum absolute atomic E-state index is 11.0. The Kier molecular flexibility index (Phi) is 4.24. The van der Waals surface area contributed by atoms with Crippen LogP contribution < -0.4 is 10.1 Å². The number of nitro benzene ring substituents is 1. The van der Waals surface area contributed by atoms with Crippen LogP contribution in [-0.2, 0) is 0 Å². The number of rotatable bonds is 5. The molecule has 5 heteroatoms. The number of anilines is 1. The Morgan fingerprint density at radius 3 is 2.68 bits per heavy atom. The van der Waals surface area contributed by atoms with Gasteiger partial charge in [0.2, 0.25) is 0 Å². The van der Waals surface area contributed by atoms with Crippen molar-refractivity contribution in [2.75, 3.05) is 12.4 Å². The molecule has 1 fully saturated rings. The third kappa shape index (κ3) is 3.16. The van der Waals surface area contributed by atoms with Crippen LogP contribution in [0.4, 0.5) is 11.4 Å². The smallest absolute Gasteiger partial charge is 0.312 e. The van der Waals surface area contributed by atoms with Crippen molar-refractivity contribution < 1.29 is 9.66 Å². The molecular weight excluding hydrogens is 244 g/mol. The zero-order chi connectivity index (χ0) is 13.8. The van der Waals surface area contributed by atoms with Crippen molar-refractivity contribution >= 4 is 11.4 Å². The fraction of sp³-hybridized carbons (Fsp3) is 0.571. The third-order valence-electron chi connectivity index (χ3n) is 3.88. The lowest BCUT2D eigenvalue weighted by Crippen LogP contribution is -2.23. The Morgan fingerprint density at radius 2 is 2.11 bits per heavy atom. The molecule has 0 radical (unpaired) electrons. The topological polar surface area (TPSA) is 64.4 Å². The summed E-state index contributed by atoms with van der Waals surface area (Å²) in [5.41, 5.74) is 0.790. The molecule has 0 saturated heterocycles. The Balaban J connectivity index is 2.11. The molecule has 19 heavy (non-hydrogen) atoms. The lowest BCUT2D eigenvalue weighted by molar-refractivity contribution is -0.385. The normalized spacial score (nSPS) is 17.2. The van der Waals surface area contributed by atoms with Crippen molar-refractivity contribution in [2.45, 2.75) is 38.6 Å². The Hall–Kier alpha value is -1.78. The van der Waals surface area contributed by atoms with E-state index in [0.29, 0.717) is 17.7 Å². The molecule has 1 aliphatic carbocycles. The molecule has 1 unspecified atom stereocenters. The van der Waals surface area contributed by atoms with Crippen LogP contribution in [-0.4, -0.2) is 18.1 Å². The average Bonchev–Trinajstić information content (AvgIpc) is 2.92. The van der Waals surface area contributed by atoms with Gasteiger partial charge in [-0.25, -0.2) is 0 Å². The minimum Gasteiger partial charge on any atom is -0.490 e. The molecular formula is C14H20N2O3. The summed E-state index contributed by atoms with van der Waals surface area (Å²) >= 11 is 0. The summed E-state index contributed by atoms with van der Waals surface area (Å²) in [6.45, 7) is 2.14. The maximum Gasteiger partial charge on any atom is 0.312 e. The Morgan fingerprint density at radius 1 is 1.42 bits per heavy atom. The second-order valence-corrected chi connectivity index (χ2v) is 5.12. The third-order valence-corrected chi connectivity index (χ3v) is 3.88. The van der Waals surface area contributed by atoms with Gasteiger partial charge in [0.25, 0.3) is 0 Å². The van der Waals surface area contributed by atoms with Crippen LogP contribution in [0.1, 0.15) is 32.6 Å². The van der Waals surface area contributed by atoms with Gasteiger partial charge < -0.3 is 10.1 Å². The van der Waals surface area contributed by atoms with E-state index in [2.05, 4.69) is 12.2 Å². The van der Waals surface area contributed by atoms with E-state index in [1.165, 1.54) is 32.8 Å². The predicted octanol–water partition coefficient (Wildman–Crippen LogP) is 3.59. The summed E-state index contributed by atoms with van der Waals surface area (Å²) in [5, 5.41) is 14.3. The van der Waals surface area contributed by atoms with Gasteiger partial charge in [0, 0.05) is 17.8 Å². The van der Waals surface area contributed by atoms with E-state index in [9.17, 15) is 10.1 Å². The zero-order valence-corrected chi connectivity index (χ0v) is 11.4. The van der Waals surface area contributed by atoms with Gasteiger partial charge in [-0.15, -0.1) is 0 Å².